The Kier molecular flexibility index (Phi) is 6.41. The number of thiophene rings is 1. The van der Waals surface area contributed by atoms with Gasteiger partial charge in [-0.05, 0) is 47.8 Å². The number of benzene rings is 1. The van der Waals surface area contributed by atoms with E-state index in [1.807, 2.05) is 51.6 Å². The molecule has 3 aromatic heterocycles. The van der Waals surface area contributed by atoms with Crippen LogP contribution in [0.2, 0.25) is 0 Å². The van der Waals surface area contributed by atoms with E-state index < -0.39 is 0 Å². The molecule has 4 heterocycles. The number of nitriles is 1. The van der Waals surface area contributed by atoms with E-state index in [1.54, 1.807) is 19.2 Å². The van der Waals surface area contributed by atoms with Crippen molar-refractivity contribution in [2.75, 3.05) is 38.2 Å². The Morgan fingerprint density at radius 1 is 1.09 bits per heavy atom. The molecule has 0 radical (unpaired) electrons. The molecule has 1 aromatic carbocycles. The number of carbonyl (C=O) groups is 1. The molecular formula is C25H22N4O5S. The highest BCUT2D eigenvalue weighted by atomic mass is 32.1. The number of anilines is 1. The molecule has 0 bridgehead atoms. The molecule has 1 amide bonds. The van der Waals surface area contributed by atoms with Crippen LogP contribution in [0.5, 0.6) is 11.5 Å². The van der Waals surface area contributed by atoms with Gasteiger partial charge in [0.25, 0.3) is 11.8 Å². The average Bonchev–Trinajstić information content (AvgIpc) is 3.68. The maximum atomic E-state index is 12.6. The van der Waals surface area contributed by atoms with E-state index in [2.05, 4.69) is 11.1 Å². The van der Waals surface area contributed by atoms with Gasteiger partial charge in [0.05, 0.1) is 12.0 Å². The number of piperazine rings is 1. The number of carbonyl (C=O) groups excluding carboxylic acids is 1. The zero-order valence-corrected chi connectivity index (χ0v) is 19.8. The Morgan fingerprint density at radius 3 is 2.54 bits per heavy atom. The predicted molar refractivity (Wildman–Crippen MR) is 129 cm³/mol. The summed E-state index contributed by atoms with van der Waals surface area (Å²) in [5, 5.41) is 11.5. The molecule has 0 aliphatic carbocycles. The van der Waals surface area contributed by atoms with Gasteiger partial charge in [0.1, 0.15) is 29.9 Å². The fourth-order valence-electron chi connectivity index (χ4n) is 3.77. The lowest BCUT2D eigenvalue weighted by molar-refractivity contribution is 0.0750. The third kappa shape index (κ3) is 4.85. The van der Waals surface area contributed by atoms with Crippen molar-refractivity contribution in [3.8, 4) is 29.2 Å². The molecular weight excluding hydrogens is 468 g/mol. The minimum absolute atomic E-state index is 0.0263. The Labute approximate surface area is 205 Å². The number of nitrogens with zero attached hydrogens (tertiary/aromatic N) is 4. The first-order valence-electron chi connectivity index (χ1n) is 11.0. The fraction of sp³-hybridized carbons (Fsp3) is 0.240. The maximum Gasteiger partial charge on any atom is 0.266 e. The van der Waals surface area contributed by atoms with Crippen LogP contribution in [0.25, 0.3) is 11.7 Å². The second-order valence-corrected chi connectivity index (χ2v) is 8.72. The topological polar surface area (TPSA) is 105 Å². The summed E-state index contributed by atoms with van der Waals surface area (Å²) in [6.07, 6.45) is 0. The fourth-order valence-corrected chi connectivity index (χ4v) is 4.46. The molecule has 1 saturated heterocycles. The third-order valence-electron chi connectivity index (χ3n) is 5.61. The minimum atomic E-state index is 0.0263. The smallest absolute Gasteiger partial charge is 0.266 e. The maximum absolute atomic E-state index is 12.6. The lowest BCUT2D eigenvalue weighted by Gasteiger charge is -2.34. The van der Waals surface area contributed by atoms with Crippen LogP contribution >= 0.6 is 11.3 Å². The van der Waals surface area contributed by atoms with Crippen LogP contribution in [0.1, 0.15) is 21.1 Å². The SMILES string of the molecule is COc1ccc(OCc2ccc(-c3nc(C#N)c(N4CCN(C(=O)c5cccs5)CC4)o3)o2)cc1. The summed E-state index contributed by atoms with van der Waals surface area (Å²) < 4.78 is 22.7. The van der Waals surface area contributed by atoms with E-state index in [9.17, 15) is 10.1 Å². The van der Waals surface area contributed by atoms with Gasteiger partial charge in [-0.15, -0.1) is 11.3 Å². The summed E-state index contributed by atoms with van der Waals surface area (Å²) in [5.74, 6) is 3.08. The molecule has 0 spiro atoms. The Morgan fingerprint density at radius 2 is 1.86 bits per heavy atom. The van der Waals surface area contributed by atoms with Gasteiger partial charge in [-0.1, -0.05) is 6.07 Å². The molecule has 1 fully saturated rings. The van der Waals surface area contributed by atoms with E-state index >= 15 is 0 Å². The zero-order valence-electron chi connectivity index (χ0n) is 19.0. The number of furan rings is 1. The van der Waals surface area contributed by atoms with Gasteiger partial charge in [-0.2, -0.15) is 10.2 Å². The van der Waals surface area contributed by atoms with Crippen molar-refractivity contribution in [1.29, 1.82) is 5.26 Å². The van der Waals surface area contributed by atoms with Crippen LogP contribution in [0.4, 0.5) is 5.88 Å². The van der Waals surface area contributed by atoms with Gasteiger partial charge in [0.15, 0.2) is 5.76 Å². The highest BCUT2D eigenvalue weighted by Gasteiger charge is 2.28. The first kappa shape index (κ1) is 22.6. The molecule has 0 atom stereocenters. The van der Waals surface area contributed by atoms with E-state index in [0.717, 1.165) is 10.6 Å². The lowest BCUT2D eigenvalue weighted by Crippen LogP contribution is -2.48. The molecule has 0 N–H and O–H groups in total. The number of aromatic nitrogens is 1. The van der Waals surface area contributed by atoms with Crippen molar-refractivity contribution in [3.63, 3.8) is 0 Å². The van der Waals surface area contributed by atoms with Gasteiger partial charge in [-0.3, -0.25) is 4.79 Å². The summed E-state index contributed by atoms with van der Waals surface area (Å²) in [6, 6.07) is 16.6. The lowest BCUT2D eigenvalue weighted by atomic mass is 10.3. The van der Waals surface area contributed by atoms with Crippen molar-refractivity contribution < 1.29 is 23.1 Å². The summed E-state index contributed by atoms with van der Waals surface area (Å²) in [5.41, 5.74) is 0.186. The quantitative estimate of drug-likeness (QED) is 0.375. The van der Waals surface area contributed by atoms with Gasteiger partial charge in [-0.25, -0.2) is 0 Å². The summed E-state index contributed by atoms with van der Waals surface area (Å²) in [4.78, 5) is 21.4. The number of amides is 1. The van der Waals surface area contributed by atoms with Gasteiger partial charge in [0, 0.05) is 26.2 Å². The highest BCUT2D eigenvalue weighted by molar-refractivity contribution is 7.12. The number of hydrogen-bond donors (Lipinski definition) is 0. The molecule has 10 heteroatoms. The molecule has 1 aliphatic heterocycles. The average molecular weight is 491 g/mol. The standard InChI is InChI=1S/C25H22N4O5S/c1-31-17-4-6-18(7-5-17)32-16-19-8-9-21(33-19)23-27-20(15-26)25(34-23)29-12-10-28(11-13-29)24(30)22-3-2-14-35-22/h2-9,14H,10-13,16H2,1H3. The number of rotatable bonds is 7. The van der Waals surface area contributed by atoms with Gasteiger partial charge in [0.2, 0.25) is 11.6 Å². The molecule has 35 heavy (non-hydrogen) atoms. The second kappa shape index (κ2) is 9.95. The Bertz CT molecular complexity index is 1330. The monoisotopic (exact) mass is 490 g/mol. The molecule has 4 aromatic rings. The number of methoxy groups -OCH3 is 1. The zero-order chi connectivity index (χ0) is 24.2. The summed E-state index contributed by atoms with van der Waals surface area (Å²) >= 11 is 1.43. The predicted octanol–water partition coefficient (Wildman–Crippen LogP) is 4.42. The van der Waals surface area contributed by atoms with Crippen LogP contribution in [-0.4, -0.2) is 49.1 Å². The molecule has 0 unspecified atom stereocenters. The van der Waals surface area contributed by atoms with Gasteiger partial charge < -0.3 is 28.1 Å². The van der Waals surface area contributed by atoms with Crippen LogP contribution in [-0.2, 0) is 6.61 Å². The summed E-state index contributed by atoms with van der Waals surface area (Å²) in [6.45, 7) is 2.38. The first-order valence-corrected chi connectivity index (χ1v) is 11.9. The Hall–Kier alpha value is -4.23. The molecule has 0 saturated carbocycles. The van der Waals surface area contributed by atoms with Crippen LogP contribution in [0.15, 0.2) is 62.7 Å². The highest BCUT2D eigenvalue weighted by Crippen LogP contribution is 2.30. The number of ether oxygens (including phenoxy) is 2. The van der Waals surface area contributed by atoms with E-state index in [-0.39, 0.29) is 24.1 Å². The van der Waals surface area contributed by atoms with Crippen molar-refractivity contribution in [2.24, 2.45) is 0 Å². The van der Waals surface area contributed by atoms with Crippen molar-refractivity contribution in [1.82, 2.24) is 9.88 Å². The van der Waals surface area contributed by atoms with E-state index in [1.165, 1.54) is 11.3 Å². The molecule has 178 valence electrons. The minimum Gasteiger partial charge on any atom is -0.497 e. The van der Waals surface area contributed by atoms with Crippen LogP contribution in [0, 0.1) is 11.3 Å². The molecule has 9 nitrogen and oxygen atoms in total. The molecule has 5 rings (SSSR count). The first-order chi connectivity index (χ1) is 17.1. The van der Waals surface area contributed by atoms with Crippen molar-refractivity contribution in [3.05, 3.63) is 70.2 Å². The van der Waals surface area contributed by atoms with E-state index in [4.69, 9.17) is 18.3 Å². The third-order valence-corrected chi connectivity index (χ3v) is 6.47. The van der Waals surface area contributed by atoms with Crippen LogP contribution < -0.4 is 14.4 Å². The normalized spacial score (nSPS) is 13.5. The van der Waals surface area contributed by atoms with Crippen molar-refractivity contribution in [2.45, 2.75) is 6.61 Å². The number of hydrogen-bond acceptors (Lipinski definition) is 9. The van der Waals surface area contributed by atoms with Crippen molar-refractivity contribution >= 4 is 23.1 Å². The summed E-state index contributed by atoms with van der Waals surface area (Å²) in [7, 11) is 1.61. The van der Waals surface area contributed by atoms with E-state index in [0.29, 0.717) is 49.3 Å². The second-order valence-electron chi connectivity index (χ2n) is 7.77. The van der Waals surface area contributed by atoms with Gasteiger partial charge >= 0.3 is 0 Å². The Balaban J connectivity index is 1.23. The molecule has 1 aliphatic rings. The largest absolute Gasteiger partial charge is 0.497 e. The number of oxazole rings is 1. The van der Waals surface area contributed by atoms with Crippen LogP contribution in [0.3, 0.4) is 0 Å².